The van der Waals surface area contributed by atoms with E-state index >= 15 is 0 Å². The Balaban J connectivity index is -0.000000478. The predicted octanol–water partition coefficient (Wildman–Crippen LogP) is 6.24. The van der Waals surface area contributed by atoms with E-state index in [4.69, 9.17) is 0 Å². The molecule has 1 nitrogen and oxygen atoms in total. The topological polar surface area (TPSA) is 4.93 Å². The molecule has 0 atom stereocenters. The first kappa shape index (κ1) is 24.1. The molecule has 0 N–H and O–H groups in total. The van der Waals surface area contributed by atoms with Crippen LogP contribution in [0.1, 0.15) is 64.1 Å². The summed E-state index contributed by atoms with van der Waals surface area (Å²) < 4.78 is 2.13. The van der Waals surface area contributed by atoms with Gasteiger partial charge in [-0.3, -0.25) is 0 Å². The lowest BCUT2D eigenvalue weighted by atomic mass is 10.1. The van der Waals surface area contributed by atoms with Crippen LogP contribution in [0.3, 0.4) is 0 Å². The van der Waals surface area contributed by atoms with Crippen molar-refractivity contribution in [1.82, 2.24) is 4.57 Å². The SMILES string of the molecule is C=C.C=Cc1c(C)c(C#CC)c(/C=C\C)n1C.CC.CC. The maximum Gasteiger partial charge on any atom is 0.0567 e. The predicted molar refractivity (Wildman–Crippen MR) is 101 cm³/mol. The number of aromatic nitrogens is 1. The average molecular weight is 287 g/mol. The summed E-state index contributed by atoms with van der Waals surface area (Å²) in [4.78, 5) is 0. The van der Waals surface area contributed by atoms with Gasteiger partial charge in [-0.05, 0) is 38.5 Å². The molecular formula is C20H33N. The quantitative estimate of drug-likeness (QED) is 0.448. The summed E-state index contributed by atoms with van der Waals surface area (Å²) in [6, 6.07) is 0. The average Bonchev–Trinajstić information content (AvgIpc) is 2.78. The third-order valence-corrected chi connectivity index (χ3v) is 2.51. The van der Waals surface area contributed by atoms with E-state index in [9.17, 15) is 0 Å². The smallest absolute Gasteiger partial charge is 0.0567 e. The van der Waals surface area contributed by atoms with Gasteiger partial charge in [0.25, 0.3) is 0 Å². The Labute approximate surface area is 133 Å². The number of allylic oxidation sites excluding steroid dienone is 1. The number of rotatable bonds is 2. The molecule has 118 valence electrons. The second kappa shape index (κ2) is 16.1. The van der Waals surface area contributed by atoms with Gasteiger partial charge in [0.1, 0.15) is 0 Å². The second-order valence-corrected chi connectivity index (χ2v) is 3.41. The lowest BCUT2D eigenvalue weighted by molar-refractivity contribution is 0.898. The Morgan fingerprint density at radius 1 is 1.05 bits per heavy atom. The van der Waals surface area contributed by atoms with Crippen molar-refractivity contribution < 1.29 is 0 Å². The summed E-state index contributed by atoms with van der Waals surface area (Å²) in [5.74, 6) is 6.11. The molecule has 0 amide bonds. The first-order valence-corrected chi connectivity index (χ1v) is 7.54. The van der Waals surface area contributed by atoms with Crippen LogP contribution in [0.5, 0.6) is 0 Å². The molecule has 1 rings (SSSR count). The zero-order valence-electron chi connectivity index (χ0n) is 15.3. The first-order chi connectivity index (χ1) is 10.2. The van der Waals surface area contributed by atoms with Gasteiger partial charge < -0.3 is 4.57 Å². The van der Waals surface area contributed by atoms with Crippen molar-refractivity contribution in [2.45, 2.75) is 48.5 Å². The van der Waals surface area contributed by atoms with Crippen LogP contribution in [-0.2, 0) is 7.05 Å². The van der Waals surface area contributed by atoms with Crippen molar-refractivity contribution in [2.24, 2.45) is 7.05 Å². The van der Waals surface area contributed by atoms with Crippen molar-refractivity contribution in [2.75, 3.05) is 0 Å². The van der Waals surface area contributed by atoms with Crippen LogP contribution in [0.15, 0.2) is 25.8 Å². The van der Waals surface area contributed by atoms with Gasteiger partial charge in [-0.25, -0.2) is 0 Å². The third kappa shape index (κ3) is 6.86. The van der Waals surface area contributed by atoms with Crippen LogP contribution >= 0.6 is 0 Å². The van der Waals surface area contributed by atoms with Gasteiger partial charge >= 0.3 is 0 Å². The molecule has 0 radical (unpaired) electrons. The monoisotopic (exact) mass is 287 g/mol. The highest BCUT2D eigenvalue weighted by Gasteiger charge is 2.11. The molecule has 0 unspecified atom stereocenters. The summed E-state index contributed by atoms with van der Waals surface area (Å²) in [6.07, 6.45) is 5.99. The minimum absolute atomic E-state index is 1.10. The molecule has 0 aliphatic carbocycles. The van der Waals surface area contributed by atoms with Gasteiger partial charge in [0, 0.05) is 12.7 Å². The molecule has 0 bridgehead atoms. The van der Waals surface area contributed by atoms with Crippen molar-refractivity contribution >= 4 is 12.2 Å². The van der Waals surface area contributed by atoms with Crippen LogP contribution in [0.4, 0.5) is 0 Å². The Bertz CT molecular complexity index is 476. The number of hydrogen-bond acceptors (Lipinski definition) is 0. The van der Waals surface area contributed by atoms with Crippen molar-refractivity contribution in [3.05, 3.63) is 48.3 Å². The maximum absolute atomic E-state index is 3.83. The highest BCUT2D eigenvalue weighted by Crippen LogP contribution is 2.22. The zero-order chi connectivity index (χ0) is 17.4. The molecule has 0 saturated heterocycles. The fourth-order valence-corrected chi connectivity index (χ4v) is 1.80. The Kier molecular flexibility index (Phi) is 18.5. The summed E-state index contributed by atoms with van der Waals surface area (Å²) in [5, 5.41) is 0. The van der Waals surface area contributed by atoms with Gasteiger partial charge in [0.2, 0.25) is 0 Å². The van der Waals surface area contributed by atoms with Gasteiger partial charge in [0.15, 0.2) is 0 Å². The lowest BCUT2D eigenvalue weighted by Crippen LogP contribution is -1.93. The molecule has 0 aliphatic heterocycles. The molecule has 21 heavy (non-hydrogen) atoms. The van der Waals surface area contributed by atoms with Crippen molar-refractivity contribution in [1.29, 1.82) is 0 Å². The first-order valence-electron chi connectivity index (χ1n) is 7.54. The van der Waals surface area contributed by atoms with Crippen LogP contribution < -0.4 is 0 Å². The van der Waals surface area contributed by atoms with Crippen LogP contribution in [0, 0.1) is 18.8 Å². The highest BCUT2D eigenvalue weighted by molar-refractivity contribution is 5.66. The number of hydrogen-bond donors (Lipinski definition) is 0. The summed E-state index contributed by atoms with van der Waals surface area (Å²) in [5.41, 5.74) is 4.60. The number of nitrogens with zero attached hydrogens (tertiary/aromatic N) is 1. The standard InChI is InChI=1S/C14H17N.2C2H6.C2H4/c1-6-9-12-11(4)13(8-3)15(5)14(12)10-7-2;3*1-2/h7-8,10H,3H2,1-2,4-5H3;2*1-2H3;1-2H2/b10-7-;;;. The molecule has 1 heterocycles. The summed E-state index contributed by atoms with van der Waals surface area (Å²) >= 11 is 0. The molecular weight excluding hydrogens is 254 g/mol. The van der Waals surface area contributed by atoms with Crippen LogP contribution in [0.2, 0.25) is 0 Å². The lowest BCUT2D eigenvalue weighted by Gasteiger charge is -2.00. The third-order valence-electron chi connectivity index (χ3n) is 2.51. The second-order valence-electron chi connectivity index (χ2n) is 3.41. The molecule has 1 heteroatoms. The fraction of sp³-hybridized carbons (Fsp3) is 0.400. The Hall–Kier alpha value is -1.94. The van der Waals surface area contributed by atoms with Crippen LogP contribution in [0.25, 0.3) is 12.2 Å². The maximum atomic E-state index is 3.83. The minimum Gasteiger partial charge on any atom is -0.343 e. The van der Waals surface area contributed by atoms with E-state index in [0.29, 0.717) is 0 Å². The Morgan fingerprint density at radius 3 is 1.86 bits per heavy atom. The van der Waals surface area contributed by atoms with Gasteiger partial charge in [-0.2, -0.15) is 0 Å². The van der Waals surface area contributed by atoms with E-state index in [-0.39, 0.29) is 0 Å². The van der Waals surface area contributed by atoms with Gasteiger partial charge in [-0.1, -0.05) is 46.3 Å². The minimum atomic E-state index is 1.10. The van der Waals surface area contributed by atoms with E-state index in [1.54, 1.807) is 0 Å². The van der Waals surface area contributed by atoms with E-state index in [2.05, 4.69) is 49.1 Å². The van der Waals surface area contributed by atoms with Crippen molar-refractivity contribution in [3.8, 4) is 11.8 Å². The van der Waals surface area contributed by atoms with Crippen molar-refractivity contribution in [3.63, 3.8) is 0 Å². The van der Waals surface area contributed by atoms with Gasteiger partial charge in [-0.15, -0.1) is 19.1 Å². The Morgan fingerprint density at radius 2 is 1.52 bits per heavy atom. The highest BCUT2D eigenvalue weighted by atomic mass is 15.0. The normalized spacial score (nSPS) is 8.00. The molecule has 1 aromatic heterocycles. The summed E-state index contributed by atoms with van der Waals surface area (Å²) in [7, 11) is 2.04. The molecule has 0 fully saturated rings. The molecule has 0 aromatic carbocycles. The molecule has 1 aromatic rings. The molecule has 0 saturated carbocycles. The van der Waals surface area contributed by atoms with E-state index in [1.807, 2.05) is 60.7 Å². The fourth-order valence-electron chi connectivity index (χ4n) is 1.80. The van der Waals surface area contributed by atoms with E-state index in [1.165, 1.54) is 5.56 Å². The van der Waals surface area contributed by atoms with Crippen LogP contribution in [-0.4, -0.2) is 4.57 Å². The van der Waals surface area contributed by atoms with E-state index < -0.39 is 0 Å². The largest absolute Gasteiger partial charge is 0.343 e. The molecule has 0 spiro atoms. The molecule has 0 aliphatic rings. The summed E-state index contributed by atoms with van der Waals surface area (Å²) in [6.45, 7) is 23.8. The van der Waals surface area contributed by atoms with E-state index in [0.717, 1.165) is 17.0 Å². The van der Waals surface area contributed by atoms with Gasteiger partial charge in [0.05, 0.1) is 11.3 Å². The zero-order valence-corrected chi connectivity index (χ0v) is 15.3.